The quantitative estimate of drug-likeness (QED) is 0.749. The molecule has 2 aromatic carbocycles. The van der Waals surface area contributed by atoms with Crippen LogP contribution in [0.3, 0.4) is 0 Å². The van der Waals surface area contributed by atoms with Gasteiger partial charge in [0.2, 0.25) is 0 Å². The molecule has 1 aromatic heterocycles. The molecule has 0 aliphatic carbocycles. The molecule has 0 aliphatic heterocycles. The summed E-state index contributed by atoms with van der Waals surface area (Å²) in [6.45, 7) is 0.418. The summed E-state index contributed by atoms with van der Waals surface area (Å²) in [6, 6.07) is 14.8. The van der Waals surface area contributed by atoms with E-state index in [4.69, 9.17) is 0 Å². The average molecular weight is 331 g/mol. The summed E-state index contributed by atoms with van der Waals surface area (Å²) in [7, 11) is 0. The maximum absolute atomic E-state index is 13.7. The predicted molar refractivity (Wildman–Crippen MR) is 83.2 cm³/mol. The fourth-order valence-electron chi connectivity index (χ4n) is 2.12. The first-order valence-corrected chi connectivity index (χ1v) is 7.05. The van der Waals surface area contributed by atoms with Crippen LogP contribution in [0, 0.1) is 5.82 Å². The first kappa shape index (κ1) is 13.1. The summed E-state index contributed by atoms with van der Waals surface area (Å²) in [5.41, 5.74) is 2.42. The monoisotopic (exact) mass is 330 g/mol. The predicted octanol–water partition coefficient (Wildman–Crippen LogP) is 4.75. The zero-order valence-electron chi connectivity index (χ0n) is 10.6. The van der Waals surface area contributed by atoms with Crippen LogP contribution in [-0.2, 0) is 6.54 Å². The van der Waals surface area contributed by atoms with Crippen LogP contribution in [0.4, 0.5) is 10.1 Å². The number of hydrogen-bond acceptors (Lipinski definition) is 2. The molecule has 0 amide bonds. The molecule has 3 rings (SSSR count). The van der Waals surface area contributed by atoms with Gasteiger partial charge in [0.05, 0.1) is 11.2 Å². The number of aromatic nitrogens is 1. The highest BCUT2D eigenvalue weighted by Gasteiger charge is 2.05. The molecule has 2 nitrogen and oxygen atoms in total. The second-order valence-corrected chi connectivity index (χ2v) is 5.39. The van der Waals surface area contributed by atoms with E-state index >= 15 is 0 Å². The number of rotatable bonds is 3. The fraction of sp³-hybridized carbons (Fsp3) is 0.0625. The molecule has 0 saturated carbocycles. The van der Waals surface area contributed by atoms with Gasteiger partial charge in [-0.1, -0.05) is 34.1 Å². The van der Waals surface area contributed by atoms with Crippen molar-refractivity contribution in [3.8, 4) is 0 Å². The molecule has 3 aromatic rings. The summed E-state index contributed by atoms with van der Waals surface area (Å²) in [6.07, 6.45) is 1.76. The van der Waals surface area contributed by atoms with E-state index in [1.165, 1.54) is 6.07 Å². The highest BCUT2D eigenvalue weighted by Crippen LogP contribution is 2.22. The van der Waals surface area contributed by atoms with E-state index < -0.39 is 0 Å². The molecule has 20 heavy (non-hydrogen) atoms. The Morgan fingerprint density at radius 1 is 1.10 bits per heavy atom. The van der Waals surface area contributed by atoms with Crippen molar-refractivity contribution < 1.29 is 4.39 Å². The molecule has 1 heterocycles. The minimum absolute atomic E-state index is 0.214. The number of nitrogens with zero attached hydrogens (tertiary/aromatic N) is 1. The van der Waals surface area contributed by atoms with Gasteiger partial charge in [0.1, 0.15) is 5.82 Å². The van der Waals surface area contributed by atoms with Crippen molar-refractivity contribution in [1.82, 2.24) is 4.98 Å². The third-order valence-corrected chi connectivity index (χ3v) is 3.60. The van der Waals surface area contributed by atoms with Gasteiger partial charge in [-0.2, -0.15) is 0 Å². The molecule has 0 saturated heterocycles. The number of pyridine rings is 1. The SMILES string of the molecule is Fc1ccc(Br)cc1CNc1cccc2cccnc12. The Bertz CT molecular complexity index is 753. The van der Waals surface area contributed by atoms with E-state index in [0.717, 1.165) is 21.1 Å². The van der Waals surface area contributed by atoms with E-state index in [0.29, 0.717) is 12.1 Å². The minimum Gasteiger partial charge on any atom is -0.379 e. The maximum atomic E-state index is 13.7. The molecule has 0 atom stereocenters. The van der Waals surface area contributed by atoms with Crippen LogP contribution in [0.25, 0.3) is 10.9 Å². The van der Waals surface area contributed by atoms with Crippen LogP contribution < -0.4 is 5.32 Å². The third kappa shape index (κ3) is 2.65. The Labute approximate surface area is 124 Å². The van der Waals surface area contributed by atoms with Crippen LogP contribution in [0.5, 0.6) is 0 Å². The van der Waals surface area contributed by atoms with Gasteiger partial charge < -0.3 is 5.32 Å². The van der Waals surface area contributed by atoms with Gasteiger partial charge in [-0.25, -0.2) is 4.39 Å². The second kappa shape index (κ2) is 5.59. The summed E-state index contributed by atoms with van der Waals surface area (Å²) in [5, 5.41) is 4.31. The minimum atomic E-state index is -0.214. The summed E-state index contributed by atoms with van der Waals surface area (Å²) < 4.78 is 14.6. The highest BCUT2D eigenvalue weighted by molar-refractivity contribution is 9.10. The fourth-order valence-corrected chi connectivity index (χ4v) is 2.52. The highest BCUT2D eigenvalue weighted by atomic mass is 79.9. The Balaban J connectivity index is 1.89. The molecule has 1 N–H and O–H groups in total. The van der Waals surface area contributed by atoms with E-state index in [1.807, 2.05) is 30.3 Å². The Hall–Kier alpha value is -1.94. The van der Waals surface area contributed by atoms with Crippen LogP contribution in [0.1, 0.15) is 5.56 Å². The van der Waals surface area contributed by atoms with E-state index in [-0.39, 0.29) is 5.82 Å². The van der Waals surface area contributed by atoms with Gasteiger partial charge in [0.25, 0.3) is 0 Å². The lowest BCUT2D eigenvalue weighted by Crippen LogP contribution is -2.02. The molecule has 0 bridgehead atoms. The largest absolute Gasteiger partial charge is 0.379 e. The molecular weight excluding hydrogens is 319 g/mol. The zero-order chi connectivity index (χ0) is 13.9. The van der Waals surface area contributed by atoms with Crippen LogP contribution in [0.15, 0.2) is 59.2 Å². The van der Waals surface area contributed by atoms with Gasteiger partial charge in [-0.3, -0.25) is 4.98 Å². The van der Waals surface area contributed by atoms with Crippen LogP contribution in [0.2, 0.25) is 0 Å². The van der Waals surface area contributed by atoms with E-state index in [1.54, 1.807) is 18.3 Å². The molecule has 0 aliphatic rings. The number of hydrogen-bond donors (Lipinski definition) is 1. The summed E-state index contributed by atoms with van der Waals surface area (Å²) in [5.74, 6) is -0.214. The maximum Gasteiger partial charge on any atom is 0.128 e. The number of para-hydroxylation sites is 1. The number of anilines is 1. The number of benzene rings is 2. The topological polar surface area (TPSA) is 24.9 Å². The lowest BCUT2D eigenvalue weighted by Gasteiger charge is -2.10. The van der Waals surface area contributed by atoms with Crippen molar-refractivity contribution in [3.63, 3.8) is 0 Å². The summed E-state index contributed by atoms with van der Waals surface area (Å²) >= 11 is 3.36. The van der Waals surface area contributed by atoms with Gasteiger partial charge in [0, 0.05) is 28.2 Å². The van der Waals surface area contributed by atoms with Gasteiger partial charge in [-0.15, -0.1) is 0 Å². The zero-order valence-corrected chi connectivity index (χ0v) is 12.2. The Morgan fingerprint density at radius 3 is 2.85 bits per heavy atom. The van der Waals surface area contributed by atoms with Crippen molar-refractivity contribution in [3.05, 3.63) is 70.6 Å². The lowest BCUT2D eigenvalue weighted by atomic mass is 10.1. The Kier molecular flexibility index (Phi) is 3.65. The van der Waals surface area contributed by atoms with Crippen LogP contribution >= 0.6 is 15.9 Å². The molecule has 4 heteroatoms. The molecule has 0 radical (unpaired) electrons. The third-order valence-electron chi connectivity index (χ3n) is 3.11. The van der Waals surface area contributed by atoms with Crippen molar-refractivity contribution in [2.45, 2.75) is 6.54 Å². The number of fused-ring (bicyclic) bond motifs is 1. The van der Waals surface area contributed by atoms with Gasteiger partial charge in [0.15, 0.2) is 0 Å². The molecule has 0 fully saturated rings. The van der Waals surface area contributed by atoms with Crippen molar-refractivity contribution >= 4 is 32.5 Å². The molecule has 0 unspecified atom stereocenters. The molecule has 100 valence electrons. The first-order chi connectivity index (χ1) is 9.74. The lowest BCUT2D eigenvalue weighted by molar-refractivity contribution is 0.612. The molecule has 0 spiro atoms. The first-order valence-electron chi connectivity index (χ1n) is 6.25. The van der Waals surface area contributed by atoms with Gasteiger partial charge in [-0.05, 0) is 30.3 Å². The number of halogens is 2. The average Bonchev–Trinajstić information content (AvgIpc) is 2.48. The van der Waals surface area contributed by atoms with E-state index in [2.05, 4.69) is 26.2 Å². The molecular formula is C16H12BrFN2. The number of nitrogens with one attached hydrogen (secondary N) is 1. The normalized spacial score (nSPS) is 10.7. The van der Waals surface area contributed by atoms with Crippen molar-refractivity contribution in [2.24, 2.45) is 0 Å². The summed E-state index contributed by atoms with van der Waals surface area (Å²) in [4.78, 5) is 4.37. The van der Waals surface area contributed by atoms with Gasteiger partial charge >= 0.3 is 0 Å². The van der Waals surface area contributed by atoms with Crippen molar-refractivity contribution in [1.29, 1.82) is 0 Å². The van der Waals surface area contributed by atoms with Crippen LogP contribution in [-0.4, -0.2) is 4.98 Å². The van der Waals surface area contributed by atoms with E-state index in [9.17, 15) is 4.39 Å². The van der Waals surface area contributed by atoms with Crippen molar-refractivity contribution in [2.75, 3.05) is 5.32 Å². The second-order valence-electron chi connectivity index (χ2n) is 4.47. The Morgan fingerprint density at radius 2 is 1.95 bits per heavy atom. The standard InChI is InChI=1S/C16H12BrFN2/c17-13-6-7-14(18)12(9-13)10-20-15-5-1-3-11-4-2-8-19-16(11)15/h1-9,20H,10H2. The smallest absolute Gasteiger partial charge is 0.128 e.